The van der Waals surface area contributed by atoms with Gasteiger partial charge in [-0.05, 0) is 65.2 Å². The minimum absolute atomic E-state index is 0.152. The van der Waals surface area contributed by atoms with Crippen molar-refractivity contribution in [2.75, 3.05) is 17.6 Å². The van der Waals surface area contributed by atoms with Crippen LogP contribution < -0.4 is 10.2 Å². The standard InChI is InChI=1S/C25H29BF2N4O6S/c1-24(2)25(3,4)38-26(37-24)14-12-16-20(30-32(23(16)29-13-14)18-8-6-7-11-36-18)22(33)15-9-10-17(27)21(19(15)28)31-39(5,34)35/h9-10,12-13,18,31H,6-8,11H2,1-5H3. The van der Waals surface area contributed by atoms with Gasteiger partial charge >= 0.3 is 7.12 Å². The number of anilines is 1. The molecule has 2 saturated heterocycles. The number of benzene rings is 1. The first-order chi connectivity index (χ1) is 18.2. The average Bonchev–Trinajstić information content (AvgIpc) is 3.34. The lowest BCUT2D eigenvalue weighted by Gasteiger charge is -2.32. The van der Waals surface area contributed by atoms with Crippen LogP contribution in [0.1, 0.15) is 69.2 Å². The van der Waals surface area contributed by atoms with E-state index in [-0.39, 0.29) is 5.69 Å². The molecule has 0 bridgehead atoms. The van der Waals surface area contributed by atoms with Crippen molar-refractivity contribution in [1.82, 2.24) is 14.8 Å². The van der Waals surface area contributed by atoms with Crippen molar-refractivity contribution in [3.63, 3.8) is 0 Å². The molecule has 0 spiro atoms. The Morgan fingerprint density at radius 3 is 2.46 bits per heavy atom. The third-order valence-electron chi connectivity index (χ3n) is 7.36. The maximum absolute atomic E-state index is 15.4. The van der Waals surface area contributed by atoms with Crippen molar-refractivity contribution >= 4 is 45.1 Å². The summed E-state index contributed by atoms with van der Waals surface area (Å²) in [6, 6.07) is 3.43. The fourth-order valence-corrected chi connectivity index (χ4v) is 5.12. The number of pyridine rings is 1. The molecule has 0 radical (unpaired) electrons. The molecule has 1 unspecified atom stereocenters. The summed E-state index contributed by atoms with van der Waals surface area (Å²) >= 11 is 0. The van der Waals surface area contributed by atoms with Crippen molar-refractivity contribution in [2.24, 2.45) is 0 Å². The van der Waals surface area contributed by atoms with Gasteiger partial charge in [0, 0.05) is 18.3 Å². The molecule has 208 valence electrons. The van der Waals surface area contributed by atoms with E-state index in [1.165, 1.54) is 4.68 Å². The molecule has 10 nitrogen and oxygen atoms in total. The Morgan fingerprint density at radius 2 is 1.85 bits per heavy atom. The number of ketones is 1. The van der Waals surface area contributed by atoms with E-state index in [4.69, 9.17) is 14.0 Å². The molecule has 5 rings (SSSR count). The molecule has 1 aromatic carbocycles. The molecule has 1 atom stereocenters. The highest BCUT2D eigenvalue weighted by Gasteiger charge is 2.52. The highest BCUT2D eigenvalue weighted by Crippen LogP contribution is 2.37. The second-order valence-corrected chi connectivity index (χ2v) is 12.6. The van der Waals surface area contributed by atoms with Crippen LogP contribution in [0.3, 0.4) is 0 Å². The monoisotopic (exact) mass is 562 g/mol. The fourth-order valence-electron chi connectivity index (χ4n) is 4.57. The van der Waals surface area contributed by atoms with Crippen molar-refractivity contribution in [3.8, 4) is 0 Å². The van der Waals surface area contributed by atoms with Gasteiger partial charge in [0.1, 0.15) is 17.2 Å². The van der Waals surface area contributed by atoms with Crippen LogP contribution in [0.15, 0.2) is 24.4 Å². The van der Waals surface area contributed by atoms with E-state index in [1.807, 2.05) is 27.7 Å². The Hall–Kier alpha value is -2.94. The first-order valence-electron chi connectivity index (χ1n) is 12.5. The highest BCUT2D eigenvalue weighted by molar-refractivity contribution is 7.92. The molecule has 4 heterocycles. The second-order valence-electron chi connectivity index (χ2n) is 10.8. The van der Waals surface area contributed by atoms with Crippen LogP contribution in [-0.2, 0) is 24.1 Å². The van der Waals surface area contributed by atoms with E-state index in [1.54, 1.807) is 17.0 Å². The minimum Gasteiger partial charge on any atom is -0.399 e. The van der Waals surface area contributed by atoms with Crippen LogP contribution in [0.2, 0.25) is 0 Å². The molecule has 0 aliphatic carbocycles. The van der Waals surface area contributed by atoms with Crippen LogP contribution in [0, 0.1) is 11.6 Å². The summed E-state index contributed by atoms with van der Waals surface area (Å²) in [7, 11) is -4.80. The molecule has 3 aromatic rings. The number of fused-ring (bicyclic) bond motifs is 1. The number of rotatable bonds is 6. The van der Waals surface area contributed by atoms with Crippen LogP contribution >= 0.6 is 0 Å². The SMILES string of the molecule is CC1(C)OB(c2cnc3c(c2)c(C(=O)c2ccc(F)c(NS(C)(=O)=O)c2F)nn3C2CCCCO2)OC1(C)C. The van der Waals surface area contributed by atoms with Crippen LogP contribution in [0.25, 0.3) is 11.0 Å². The highest BCUT2D eigenvalue weighted by atomic mass is 32.2. The summed E-state index contributed by atoms with van der Waals surface area (Å²) in [5.74, 6) is -3.39. The lowest BCUT2D eigenvalue weighted by molar-refractivity contribution is -0.0371. The molecular formula is C25H29BF2N4O6S. The second kappa shape index (κ2) is 9.61. The first-order valence-corrected chi connectivity index (χ1v) is 14.4. The zero-order valence-corrected chi connectivity index (χ0v) is 23.1. The fraction of sp³-hybridized carbons (Fsp3) is 0.480. The average molecular weight is 562 g/mol. The Labute approximate surface area is 225 Å². The number of ether oxygens (including phenoxy) is 1. The van der Waals surface area contributed by atoms with E-state index in [0.29, 0.717) is 29.5 Å². The van der Waals surface area contributed by atoms with E-state index < -0.39 is 63.2 Å². The normalized spacial score (nSPS) is 20.9. The lowest BCUT2D eigenvalue weighted by atomic mass is 9.80. The number of nitrogens with one attached hydrogen (secondary N) is 1. The zero-order chi connectivity index (χ0) is 28.3. The molecule has 14 heteroatoms. The third-order valence-corrected chi connectivity index (χ3v) is 7.93. The largest absolute Gasteiger partial charge is 0.496 e. The van der Waals surface area contributed by atoms with Gasteiger partial charge in [-0.25, -0.2) is 26.9 Å². The Balaban J connectivity index is 1.64. The van der Waals surface area contributed by atoms with Gasteiger partial charge < -0.3 is 14.0 Å². The van der Waals surface area contributed by atoms with Crippen molar-refractivity contribution in [1.29, 1.82) is 0 Å². The summed E-state index contributed by atoms with van der Waals surface area (Å²) in [6.07, 6.45) is 4.25. The predicted molar refractivity (Wildman–Crippen MR) is 140 cm³/mol. The zero-order valence-electron chi connectivity index (χ0n) is 22.2. The number of carbonyl (C=O) groups is 1. The molecule has 2 aliphatic heterocycles. The number of hydrogen-bond donors (Lipinski definition) is 1. The van der Waals surface area contributed by atoms with Gasteiger partial charge in [-0.3, -0.25) is 9.52 Å². The maximum atomic E-state index is 15.4. The summed E-state index contributed by atoms with van der Waals surface area (Å²) in [6.45, 7) is 8.14. The van der Waals surface area contributed by atoms with Crippen LogP contribution in [-0.4, -0.2) is 60.1 Å². The van der Waals surface area contributed by atoms with Gasteiger partial charge in [0.15, 0.2) is 17.7 Å². The number of halogens is 2. The van der Waals surface area contributed by atoms with E-state index in [2.05, 4.69) is 10.1 Å². The van der Waals surface area contributed by atoms with Crippen molar-refractivity contribution in [3.05, 3.63) is 47.3 Å². The van der Waals surface area contributed by atoms with Gasteiger partial charge in [-0.2, -0.15) is 5.10 Å². The number of aromatic nitrogens is 3. The molecule has 2 fully saturated rings. The van der Waals surface area contributed by atoms with Gasteiger partial charge in [0.25, 0.3) is 0 Å². The summed E-state index contributed by atoms with van der Waals surface area (Å²) < 4.78 is 74.5. The predicted octanol–water partition coefficient (Wildman–Crippen LogP) is 3.31. The summed E-state index contributed by atoms with van der Waals surface area (Å²) in [5.41, 5.74) is -2.03. The Bertz CT molecular complexity index is 1550. The summed E-state index contributed by atoms with van der Waals surface area (Å²) in [5, 5.41) is 4.78. The smallest absolute Gasteiger partial charge is 0.399 e. The van der Waals surface area contributed by atoms with E-state index in [9.17, 15) is 17.6 Å². The number of sulfonamides is 1. The number of carbonyl (C=O) groups excluding carboxylic acids is 1. The van der Waals surface area contributed by atoms with Crippen LogP contribution in [0.4, 0.5) is 14.5 Å². The maximum Gasteiger partial charge on any atom is 0.496 e. The number of nitrogens with zero attached hydrogens (tertiary/aromatic N) is 3. The lowest BCUT2D eigenvalue weighted by Crippen LogP contribution is -2.41. The third kappa shape index (κ3) is 5.06. The topological polar surface area (TPSA) is 122 Å². The van der Waals surface area contributed by atoms with Gasteiger partial charge in [0.2, 0.25) is 15.8 Å². The quantitative estimate of drug-likeness (QED) is 0.359. The van der Waals surface area contributed by atoms with Crippen molar-refractivity contribution < 1.29 is 36.0 Å². The molecule has 0 amide bonds. The van der Waals surface area contributed by atoms with Gasteiger partial charge in [0.05, 0.1) is 28.4 Å². The molecule has 0 saturated carbocycles. The molecular weight excluding hydrogens is 533 g/mol. The van der Waals surface area contributed by atoms with Crippen LogP contribution in [0.5, 0.6) is 0 Å². The molecule has 2 aromatic heterocycles. The Morgan fingerprint density at radius 1 is 1.15 bits per heavy atom. The number of hydrogen-bond acceptors (Lipinski definition) is 8. The van der Waals surface area contributed by atoms with Gasteiger partial charge in [-0.1, -0.05) is 0 Å². The molecule has 39 heavy (non-hydrogen) atoms. The van der Waals surface area contributed by atoms with Gasteiger partial charge in [-0.15, -0.1) is 0 Å². The molecule has 2 aliphatic rings. The Kier molecular flexibility index (Phi) is 6.81. The van der Waals surface area contributed by atoms with E-state index in [0.717, 1.165) is 31.2 Å². The molecule has 1 N–H and O–H groups in total. The summed E-state index contributed by atoms with van der Waals surface area (Å²) in [4.78, 5) is 18.3. The first kappa shape index (κ1) is 27.6. The van der Waals surface area contributed by atoms with Crippen molar-refractivity contribution in [2.45, 2.75) is 64.4 Å². The van der Waals surface area contributed by atoms with E-state index >= 15 is 4.39 Å². The minimum atomic E-state index is -4.02.